The Bertz CT molecular complexity index is 576. The molecule has 0 unspecified atom stereocenters. The molecule has 0 fully saturated rings. The maximum atomic E-state index is 6.10. The molecule has 2 nitrogen and oxygen atoms in total. The van der Waals surface area contributed by atoms with Gasteiger partial charge in [0, 0.05) is 8.95 Å². The number of hydrogen-bond acceptors (Lipinski definition) is 1. The summed E-state index contributed by atoms with van der Waals surface area (Å²) >= 11 is 6.94. The summed E-state index contributed by atoms with van der Waals surface area (Å²) in [6.45, 7) is 0. The molecule has 0 amide bonds. The Kier molecular flexibility index (Phi) is 5.90. The highest BCUT2D eigenvalue weighted by Crippen LogP contribution is 2.28. The quantitative estimate of drug-likeness (QED) is 0.436. The van der Waals surface area contributed by atoms with Crippen molar-refractivity contribution in [3.8, 4) is 0 Å². The first kappa shape index (κ1) is 16.6. The van der Waals surface area contributed by atoms with E-state index in [1.165, 1.54) is 0 Å². The summed E-state index contributed by atoms with van der Waals surface area (Å²) in [5.41, 5.74) is 8.36. The molecule has 5 heteroatoms. The lowest BCUT2D eigenvalue weighted by molar-refractivity contribution is 0.873. The zero-order valence-electron chi connectivity index (χ0n) is 11.9. The molecule has 21 heavy (non-hydrogen) atoms. The van der Waals surface area contributed by atoms with Gasteiger partial charge in [0.15, 0.2) is 0 Å². The number of aliphatic imine (C=N–C) groups is 1. The Morgan fingerprint density at radius 3 is 1.62 bits per heavy atom. The van der Waals surface area contributed by atoms with Gasteiger partial charge in [-0.1, -0.05) is 56.1 Å². The monoisotopic (exact) mass is 427 g/mol. The summed E-state index contributed by atoms with van der Waals surface area (Å²) in [6.07, 6.45) is 4.16. The van der Waals surface area contributed by atoms with Crippen molar-refractivity contribution in [3.05, 3.63) is 68.6 Å². The summed E-state index contributed by atoms with van der Waals surface area (Å²) < 4.78 is 2.12. The fraction of sp³-hybridized carbons (Fsp3) is 0.188. The summed E-state index contributed by atoms with van der Waals surface area (Å²) in [4.78, 5) is 4.75. The van der Waals surface area contributed by atoms with E-state index in [2.05, 4.69) is 68.6 Å². The zero-order chi connectivity index (χ0) is 15.4. The lowest BCUT2D eigenvalue weighted by atomic mass is 9.99. The molecule has 110 valence electrons. The van der Waals surface area contributed by atoms with Gasteiger partial charge in [-0.05, 0) is 35.4 Å². The van der Waals surface area contributed by atoms with Gasteiger partial charge in [0.05, 0.1) is 10.9 Å². The predicted molar refractivity (Wildman–Crippen MR) is 101 cm³/mol. The Labute approximate surface area is 145 Å². The van der Waals surface area contributed by atoms with Gasteiger partial charge in [-0.15, -0.1) is 0 Å². The normalized spacial score (nSPS) is 12.2. The molecule has 2 aromatic carbocycles. The van der Waals surface area contributed by atoms with Crippen LogP contribution in [0, 0.1) is 0 Å². The molecular weight excluding hydrogens is 412 g/mol. The molecule has 0 aliphatic rings. The van der Waals surface area contributed by atoms with Crippen LogP contribution in [0.2, 0.25) is 0 Å². The summed E-state index contributed by atoms with van der Waals surface area (Å²) in [7, 11) is -0.0280. The molecule has 0 aliphatic carbocycles. The summed E-state index contributed by atoms with van der Waals surface area (Å²) in [5.74, 6) is 0. The Morgan fingerprint density at radius 2 is 1.29 bits per heavy atom. The van der Waals surface area contributed by atoms with Crippen molar-refractivity contribution in [2.45, 2.75) is 6.04 Å². The molecule has 0 saturated carbocycles. The molecule has 2 aromatic rings. The van der Waals surface area contributed by atoms with E-state index in [0.717, 1.165) is 20.1 Å². The topological polar surface area (TPSA) is 38.4 Å². The van der Waals surface area contributed by atoms with Crippen LogP contribution in [0.5, 0.6) is 0 Å². The third-order valence-corrected chi connectivity index (χ3v) is 5.05. The number of nitrogens with zero attached hydrogens (tertiary/aromatic N) is 1. The molecule has 0 radical (unpaired) electrons. The van der Waals surface area contributed by atoms with Gasteiger partial charge >= 0.3 is 5.17 Å². The van der Waals surface area contributed by atoms with Crippen LogP contribution >= 0.6 is 31.9 Å². The van der Waals surface area contributed by atoms with Crippen LogP contribution < -0.4 is 5.73 Å². The van der Waals surface area contributed by atoms with E-state index in [1.807, 2.05) is 24.3 Å². The van der Waals surface area contributed by atoms with Crippen LogP contribution in [0.15, 0.2) is 62.5 Å². The molecule has 0 saturated heterocycles. The van der Waals surface area contributed by atoms with Crippen molar-refractivity contribution in [1.82, 2.24) is 0 Å². The van der Waals surface area contributed by atoms with Gasteiger partial charge in [0.2, 0.25) is 0 Å². The van der Waals surface area contributed by atoms with Crippen molar-refractivity contribution in [1.29, 1.82) is 0 Å². The number of rotatable bonds is 3. The highest BCUT2D eigenvalue weighted by Gasteiger charge is 2.18. The predicted octanol–water partition coefficient (Wildman–Crippen LogP) is 4.49. The maximum absolute atomic E-state index is 6.10. The van der Waals surface area contributed by atoms with Crippen LogP contribution in [0.3, 0.4) is 0 Å². The van der Waals surface area contributed by atoms with Crippen LogP contribution in [0.25, 0.3) is 0 Å². The molecule has 0 heterocycles. The van der Waals surface area contributed by atoms with E-state index >= 15 is 0 Å². The van der Waals surface area contributed by atoms with E-state index in [0.29, 0.717) is 5.17 Å². The second-order valence-corrected chi connectivity index (χ2v) is 8.67. The Morgan fingerprint density at radius 1 is 0.905 bits per heavy atom. The van der Waals surface area contributed by atoms with Gasteiger partial charge in [0.1, 0.15) is 18.6 Å². The second-order valence-electron chi connectivity index (χ2n) is 4.79. The average molecular weight is 429 g/mol. The molecule has 0 spiro atoms. The Balaban J connectivity index is 2.46. The largest absolute Gasteiger partial charge is 0.343 e. The lowest BCUT2D eigenvalue weighted by Gasteiger charge is -2.14. The minimum atomic E-state index is -0.0684. The van der Waals surface area contributed by atoms with Gasteiger partial charge in [-0.2, -0.15) is 0 Å². The van der Waals surface area contributed by atoms with Gasteiger partial charge in [0.25, 0.3) is 0 Å². The fourth-order valence-electron chi connectivity index (χ4n) is 1.86. The zero-order valence-corrected chi connectivity index (χ0v) is 15.9. The van der Waals surface area contributed by atoms with Crippen LogP contribution in [0.4, 0.5) is 0 Å². The standard InChI is InChI=1S/C16H17Br2N2S/c1-21(2)16(19)20-15(11-3-7-13(17)8-4-11)12-5-9-14(18)10-6-12/h3-10,15H,1-2H3,(H2,19,20)/q+1. The van der Waals surface area contributed by atoms with Crippen molar-refractivity contribution < 1.29 is 0 Å². The van der Waals surface area contributed by atoms with E-state index in [9.17, 15) is 0 Å². The molecule has 0 aliphatic heterocycles. The van der Waals surface area contributed by atoms with Gasteiger partial charge in [-0.3, -0.25) is 0 Å². The van der Waals surface area contributed by atoms with Crippen LogP contribution in [-0.2, 0) is 10.9 Å². The smallest absolute Gasteiger partial charge is 0.311 e. The Hall–Kier alpha value is -0.780. The third-order valence-electron chi connectivity index (χ3n) is 3.05. The molecule has 2 rings (SSSR count). The number of nitrogens with two attached hydrogens (primary N) is 1. The van der Waals surface area contributed by atoms with Crippen molar-refractivity contribution in [2.24, 2.45) is 10.7 Å². The average Bonchev–Trinajstić information content (AvgIpc) is 2.46. The minimum Gasteiger partial charge on any atom is -0.343 e. The molecule has 0 bridgehead atoms. The van der Waals surface area contributed by atoms with E-state index in [-0.39, 0.29) is 16.9 Å². The number of amidine groups is 1. The summed E-state index contributed by atoms with van der Waals surface area (Å²) in [5, 5.41) is 0.700. The summed E-state index contributed by atoms with van der Waals surface area (Å²) in [6, 6.07) is 16.4. The second kappa shape index (κ2) is 7.47. The fourth-order valence-corrected chi connectivity index (χ4v) is 2.71. The van der Waals surface area contributed by atoms with Crippen LogP contribution in [0.1, 0.15) is 17.2 Å². The molecule has 0 atom stereocenters. The maximum Gasteiger partial charge on any atom is 0.311 e. The highest BCUT2D eigenvalue weighted by atomic mass is 79.9. The molecule has 0 aromatic heterocycles. The van der Waals surface area contributed by atoms with Crippen molar-refractivity contribution in [3.63, 3.8) is 0 Å². The first-order valence-electron chi connectivity index (χ1n) is 6.39. The van der Waals surface area contributed by atoms with Crippen molar-refractivity contribution >= 4 is 47.9 Å². The highest BCUT2D eigenvalue weighted by molar-refractivity contribution is 9.10. The van der Waals surface area contributed by atoms with E-state index in [4.69, 9.17) is 10.7 Å². The number of halogens is 2. The first-order chi connectivity index (χ1) is 9.97. The van der Waals surface area contributed by atoms with Crippen LogP contribution in [-0.4, -0.2) is 17.7 Å². The molecular formula is C16H17Br2N2S+. The van der Waals surface area contributed by atoms with E-state index in [1.54, 1.807) is 0 Å². The van der Waals surface area contributed by atoms with Gasteiger partial charge in [-0.25, -0.2) is 4.99 Å². The first-order valence-corrected chi connectivity index (χ1v) is 10.0. The number of benzene rings is 2. The number of hydrogen-bond donors (Lipinski definition) is 1. The van der Waals surface area contributed by atoms with E-state index < -0.39 is 0 Å². The lowest BCUT2D eigenvalue weighted by Crippen LogP contribution is -2.23. The van der Waals surface area contributed by atoms with Gasteiger partial charge < -0.3 is 5.73 Å². The molecule has 2 N–H and O–H groups in total. The van der Waals surface area contributed by atoms with Crippen molar-refractivity contribution in [2.75, 3.05) is 12.5 Å². The SMILES string of the molecule is C[S+](C)C(N)=NC(c1ccc(Br)cc1)c1ccc(Br)cc1. The minimum absolute atomic E-state index is 0.0280. The third kappa shape index (κ3) is 4.59.